The van der Waals surface area contributed by atoms with Gasteiger partial charge in [0.15, 0.2) is 0 Å². The molecule has 1 heterocycles. The van der Waals surface area contributed by atoms with E-state index in [-0.39, 0.29) is 0 Å². The molecule has 2 rings (SSSR count). The standard InChI is InChI=1S/C22H31NO/c1-16(2)11-18(4)12-21-13-20(14-23(6)19(21)5)15-24-22-9-7-17(3)8-10-22/h7-11,20H,1,12-15H2,2-6H3/b18-11-. The first-order valence-electron chi connectivity index (χ1n) is 8.77. The second-order valence-electron chi connectivity index (χ2n) is 7.28. The lowest BCUT2D eigenvalue weighted by molar-refractivity contribution is 0.196. The molecule has 1 aromatic rings. The van der Waals surface area contributed by atoms with Crippen LogP contribution < -0.4 is 4.74 Å². The van der Waals surface area contributed by atoms with Crippen molar-refractivity contribution in [1.29, 1.82) is 0 Å². The molecule has 0 saturated carbocycles. The molecule has 0 N–H and O–H groups in total. The number of ether oxygens (including phenoxy) is 1. The fraction of sp³-hybridized carbons (Fsp3) is 0.455. The van der Waals surface area contributed by atoms with Gasteiger partial charge in [-0.3, -0.25) is 0 Å². The van der Waals surface area contributed by atoms with E-state index >= 15 is 0 Å². The fourth-order valence-corrected chi connectivity index (χ4v) is 3.32. The average molecular weight is 325 g/mol. The van der Waals surface area contributed by atoms with Crippen LogP contribution in [0.25, 0.3) is 0 Å². The van der Waals surface area contributed by atoms with E-state index < -0.39 is 0 Å². The number of rotatable bonds is 6. The molecule has 0 amide bonds. The van der Waals surface area contributed by atoms with Crippen LogP contribution in [0, 0.1) is 12.8 Å². The van der Waals surface area contributed by atoms with E-state index in [1.807, 2.05) is 0 Å². The second-order valence-corrected chi connectivity index (χ2v) is 7.28. The first-order chi connectivity index (χ1) is 11.3. The van der Waals surface area contributed by atoms with Gasteiger partial charge >= 0.3 is 0 Å². The zero-order chi connectivity index (χ0) is 17.7. The summed E-state index contributed by atoms with van der Waals surface area (Å²) in [5, 5.41) is 0. The third-order valence-electron chi connectivity index (χ3n) is 4.64. The Morgan fingerprint density at radius 3 is 2.54 bits per heavy atom. The van der Waals surface area contributed by atoms with E-state index in [4.69, 9.17) is 4.74 Å². The predicted octanol–water partition coefficient (Wildman–Crippen LogP) is 5.51. The van der Waals surface area contributed by atoms with Gasteiger partial charge < -0.3 is 9.64 Å². The van der Waals surface area contributed by atoms with E-state index in [2.05, 4.69) is 76.6 Å². The van der Waals surface area contributed by atoms with Crippen LogP contribution in [0.4, 0.5) is 0 Å². The Balaban J connectivity index is 1.99. The van der Waals surface area contributed by atoms with Crippen molar-refractivity contribution in [3.8, 4) is 5.75 Å². The summed E-state index contributed by atoms with van der Waals surface area (Å²) in [6, 6.07) is 8.32. The lowest BCUT2D eigenvalue weighted by Crippen LogP contribution is -2.33. The Morgan fingerprint density at radius 2 is 1.92 bits per heavy atom. The van der Waals surface area contributed by atoms with E-state index in [9.17, 15) is 0 Å². The summed E-state index contributed by atoms with van der Waals surface area (Å²) >= 11 is 0. The predicted molar refractivity (Wildman–Crippen MR) is 103 cm³/mol. The topological polar surface area (TPSA) is 12.5 Å². The molecule has 0 aromatic heterocycles. The molecule has 0 aliphatic carbocycles. The van der Waals surface area contributed by atoms with Gasteiger partial charge in [0.2, 0.25) is 0 Å². The largest absolute Gasteiger partial charge is 0.493 e. The smallest absolute Gasteiger partial charge is 0.119 e. The van der Waals surface area contributed by atoms with Gasteiger partial charge in [-0.1, -0.05) is 41.5 Å². The summed E-state index contributed by atoms with van der Waals surface area (Å²) in [5.74, 6) is 1.50. The van der Waals surface area contributed by atoms with E-state index in [1.54, 1.807) is 0 Å². The van der Waals surface area contributed by atoms with Crippen molar-refractivity contribution in [2.24, 2.45) is 5.92 Å². The average Bonchev–Trinajstić information content (AvgIpc) is 2.50. The summed E-state index contributed by atoms with van der Waals surface area (Å²) in [7, 11) is 2.19. The number of hydrogen-bond donors (Lipinski definition) is 0. The van der Waals surface area contributed by atoms with Gasteiger partial charge in [-0.25, -0.2) is 0 Å². The Morgan fingerprint density at radius 1 is 1.25 bits per heavy atom. The second kappa shape index (κ2) is 8.23. The molecule has 0 saturated heterocycles. The van der Waals surface area contributed by atoms with E-state index in [0.717, 1.165) is 37.3 Å². The van der Waals surface area contributed by atoms with Crippen LogP contribution in [0.3, 0.4) is 0 Å². The molecule has 2 heteroatoms. The number of aryl methyl sites for hydroxylation is 1. The molecule has 1 aliphatic heterocycles. The van der Waals surface area contributed by atoms with Gasteiger partial charge in [0.1, 0.15) is 5.75 Å². The SMILES string of the molecule is C=C(C)/C=C(/C)CC1=C(C)N(C)CC(COc2ccc(C)cc2)C1. The van der Waals surface area contributed by atoms with Crippen LogP contribution in [-0.2, 0) is 0 Å². The lowest BCUT2D eigenvalue weighted by Gasteiger charge is -2.34. The Bertz CT molecular complexity index is 636. The molecule has 130 valence electrons. The highest BCUT2D eigenvalue weighted by molar-refractivity contribution is 5.27. The fourth-order valence-electron chi connectivity index (χ4n) is 3.32. The maximum Gasteiger partial charge on any atom is 0.119 e. The van der Waals surface area contributed by atoms with Crippen LogP contribution in [0.5, 0.6) is 5.75 Å². The van der Waals surface area contributed by atoms with Gasteiger partial charge in [0.25, 0.3) is 0 Å². The van der Waals surface area contributed by atoms with Crippen molar-refractivity contribution in [3.63, 3.8) is 0 Å². The molecule has 0 fully saturated rings. The third-order valence-corrected chi connectivity index (χ3v) is 4.64. The quantitative estimate of drug-likeness (QED) is 0.639. The minimum Gasteiger partial charge on any atom is -0.493 e. The Hall–Kier alpha value is -1.96. The molecular formula is C22H31NO. The van der Waals surface area contributed by atoms with Crippen molar-refractivity contribution in [3.05, 3.63) is 64.9 Å². The molecule has 1 aromatic carbocycles. The highest BCUT2D eigenvalue weighted by atomic mass is 16.5. The van der Waals surface area contributed by atoms with Crippen LogP contribution in [0.2, 0.25) is 0 Å². The Labute approximate surface area is 147 Å². The molecule has 0 radical (unpaired) electrons. The highest BCUT2D eigenvalue weighted by Gasteiger charge is 2.23. The molecule has 2 nitrogen and oxygen atoms in total. The van der Waals surface area contributed by atoms with Gasteiger partial charge in [-0.05, 0) is 58.2 Å². The molecule has 1 unspecified atom stereocenters. The number of nitrogens with zero attached hydrogens (tertiary/aromatic N) is 1. The number of benzene rings is 1. The van der Waals surface area contributed by atoms with Gasteiger partial charge in [0.05, 0.1) is 6.61 Å². The minimum atomic E-state index is 0.535. The summed E-state index contributed by atoms with van der Waals surface area (Å²) in [6.45, 7) is 14.4. The van der Waals surface area contributed by atoms with Crippen molar-refractivity contribution < 1.29 is 4.74 Å². The number of hydrogen-bond acceptors (Lipinski definition) is 2. The molecule has 0 bridgehead atoms. The normalized spacial score (nSPS) is 18.8. The molecule has 0 spiro atoms. The lowest BCUT2D eigenvalue weighted by atomic mass is 9.89. The molecular weight excluding hydrogens is 294 g/mol. The molecule has 1 aliphatic rings. The van der Waals surface area contributed by atoms with Gasteiger partial charge in [-0.2, -0.15) is 0 Å². The number of allylic oxidation sites excluding steroid dienone is 5. The zero-order valence-electron chi connectivity index (χ0n) is 15.9. The maximum absolute atomic E-state index is 6.02. The summed E-state index contributed by atoms with van der Waals surface area (Å²) in [6.07, 6.45) is 4.33. The summed E-state index contributed by atoms with van der Waals surface area (Å²) in [5.41, 5.74) is 6.70. The first kappa shape index (κ1) is 18.4. The van der Waals surface area contributed by atoms with Crippen molar-refractivity contribution in [2.45, 2.75) is 40.5 Å². The highest BCUT2D eigenvalue weighted by Crippen LogP contribution is 2.30. The van der Waals surface area contributed by atoms with Crippen molar-refractivity contribution in [2.75, 3.05) is 20.2 Å². The van der Waals surface area contributed by atoms with Crippen molar-refractivity contribution in [1.82, 2.24) is 4.90 Å². The van der Waals surface area contributed by atoms with Gasteiger partial charge in [-0.15, -0.1) is 0 Å². The van der Waals surface area contributed by atoms with Crippen LogP contribution >= 0.6 is 0 Å². The molecule has 1 atom stereocenters. The molecule has 24 heavy (non-hydrogen) atoms. The van der Waals surface area contributed by atoms with Crippen LogP contribution in [-0.4, -0.2) is 25.1 Å². The summed E-state index contributed by atoms with van der Waals surface area (Å²) < 4.78 is 6.02. The minimum absolute atomic E-state index is 0.535. The third kappa shape index (κ3) is 5.30. The maximum atomic E-state index is 6.02. The van der Waals surface area contributed by atoms with E-state index in [1.165, 1.54) is 22.4 Å². The van der Waals surface area contributed by atoms with Crippen LogP contribution in [0.1, 0.15) is 39.2 Å². The Kier molecular flexibility index (Phi) is 6.30. The van der Waals surface area contributed by atoms with Gasteiger partial charge in [0, 0.05) is 25.2 Å². The van der Waals surface area contributed by atoms with Crippen LogP contribution in [0.15, 0.2) is 59.3 Å². The zero-order valence-corrected chi connectivity index (χ0v) is 15.9. The van der Waals surface area contributed by atoms with Crippen molar-refractivity contribution >= 4 is 0 Å². The van der Waals surface area contributed by atoms with E-state index in [0.29, 0.717) is 5.92 Å². The summed E-state index contributed by atoms with van der Waals surface area (Å²) in [4.78, 5) is 2.37. The first-order valence-corrected chi connectivity index (χ1v) is 8.77. The monoisotopic (exact) mass is 325 g/mol.